The molecule has 0 radical (unpaired) electrons. The van der Waals surface area contributed by atoms with E-state index in [1.807, 2.05) is 11.3 Å². The summed E-state index contributed by atoms with van der Waals surface area (Å²) in [6.45, 7) is 13.7. The summed E-state index contributed by atoms with van der Waals surface area (Å²) in [7, 11) is 0. The largest absolute Gasteiger partial charge is 0.312 e. The molecule has 0 amide bonds. The first-order chi connectivity index (χ1) is 10.0. The summed E-state index contributed by atoms with van der Waals surface area (Å²) in [5.74, 6) is 1.54. The lowest BCUT2D eigenvalue weighted by atomic mass is 10.1. The van der Waals surface area contributed by atoms with Crippen LogP contribution >= 0.6 is 11.3 Å². The van der Waals surface area contributed by atoms with Gasteiger partial charge >= 0.3 is 0 Å². The lowest BCUT2D eigenvalue weighted by Crippen LogP contribution is -2.27. The number of nitrogens with one attached hydrogen (secondary N) is 1. The minimum atomic E-state index is 0.728. The molecular formula is C18H32N2S. The van der Waals surface area contributed by atoms with E-state index in [1.165, 1.54) is 35.6 Å². The van der Waals surface area contributed by atoms with E-state index >= 15 is 0 Å². The molecule has 1 N–H and O–H groups in total. The van der Waals surface area contributed by atoms with Crippen LogP contribution in [0.15, 0.2) is 12.1 Å². The zero-order valence-electron chi connectivity index (χ0n) is 14.2. The van der Waals surface area contributed by atoms with Crippen molar-refractivity contribution in [1.82, 2.24) is 10.2 Å². The van der Waals surface area contributed by atoms with E-state index in [0.29, 0.717) is 0 Å². The summed E-state index contributed by atoms with van der Waals surface area (Å²) < 4.78 is 0. The Morgan fingerprint density at radius 3 is 2.48 bits per heavy atom. The highest BCUT2D eigenvalue weighted by molar-refractivity contribution is 7.11. The van der Waals surface area contributed by atoms with Crippen molar-refractivity contribution in [2.75, 3.05) is 13.1 Å². The fourth-order valence-corrected chi connectivity index (χ4v) is 3.55. The average molecular weight is 309 g/mol. The molecule has 1 aromatic rings. The van der Waals surface area contributed by atoms with Gasteiger partial charge in [-0.3, -0.25) is 4.90 Å². The van der Waals surface area contributed by atoms with Crippen LogP contribution in [-0.4, -0.2) is 24.0 Å². The maximum Gasteiger partial charge on any atom is 0.0330 e. The summed E-state index contributed by atoms with van der Waals surface area (Å²) in [4.78, 5) is 5.72. The van der Waals surface area contributed by atoms with Crippen molar-refractivity contribution in [2.45, 2.75) is 66.1 Å². The number of rotatable bonds is 10. The number of hydrogen-bond donors (Lipinski definition) is 1. The van der Waals surface area contributed by atoms with Gasteiger partial charge in [-0.1, -0.05) is 27.7 Å². The molecule has 1 saturated carbocycles. The second-order valence-corrected chi connectivity index (χ2v) is 8.53. The fourth-order valence-electron chi connectivity index (χ4n) is 2.54. The third kappa shape index (κ3) is 6.50. The van der Waals surface area contributed by atoms with Crippen LogP contribution in [0.2, 0.25) is 0 Å². The van der Waals surface area contributed by atoms with Crippen LogP contribution in [0.5, 0.6) is 0 Å². The molecule has 2 nitrogen and oxygen atoms in total. The Hall–Kier alpha value is -0.380. The van der Waals surface area contributed by atoms with Crippen molar-refractivity contribution in [3.05, 3.63) is 21.9 Å². The molecule has 21 heavy (non-hydrogen) atoms. The van der Waals surface area contributed by atoms with Crippen molar-refractivity contribution in [1.29, 1.82) is 0 Å². The molecule has 1 aliphatic carbocycles. The molecular weight excluding hydrogens is 276 g/mol. The van der Waals surface area contributed by atoms with Gasteiger partial charge in [-0.2, -0.15) is 0 Å². The van der Waals surface area contributed by atoms with Crippen molar-refractivity contribution in [2.24, 2.45) is 11.8 Å². The first kappa shape index (κ1) is 17.0. The van der Waals surface area contributed by atoms with Crippen molar-refractivity contribution in [3.63, 3.8) is 0 Å². The van der Waals surface area contributed by atoms with Crippen molar-refractivity contribution >= 4 is 11.3 Å². The molecule has 0 spiro atoms. The van der Waals surface area contributed by atoms with E-state index in [4.69, 9.17) is 0 Å². The molecule has 0 saturated heterocycles. The maximum absolute atomic E-state index is 3.54. The molecule has 0 bridgehead atoms. The van der Waals surface area contributed by atoms with E-state index in [9.17, 15) is 0 Å². The molecule has 2 rings (SSSR count). The van der Waals surface area contributed by atoms with Crippen LogP contribution < -0.4 is 5.32 Å². The number of thiophene rings is 1. The predicted molar refractivity (Wildman–Crippen MR) is 93.8 cm³/mol. The molecule has 1 heterocycles. The quantitative estimate of drug-likeness (QED) is 0.684. The van der Waals surface area contributed by atoms with Gasteiger partial charge in [0.25, 0.3) is 0 Å². The van der Waals surface area contributed by atoms with Crippen molar-refractivity contribution in [3.8, 4) is 0 Å². The van der Waals surface area contributed by atoms with Gasteiger partial charge in [-0.05, 0) is 56.3 Å². The molecule has 0 aliphatic heterocycles. The SMILES string of the molecule is CC(C)CCN(Cc1ccc(CNCC(C)C)s1)C1CC1. The van der Waals surface area contributed by atoms with Crippen LogP contribution in [0.1, 0.15) is 56.7 Å². The third-order valence-electron chi connectivity index (χ3n) is 3.98. The van der Waals surface area contributed by atoms with Gasteiger partial charge in [0.1, 0.15) is 0 Å². The second kappa shape index (κ2) is 8.30. The Balaban J connectivity index is 1.79. The maximum atomic E-state index is 3.54. The van der Waals surface area contributed by atoms with Gasteiger partial charge in [0.05, 0.1) is 0 Å². The topological polar surface area (TPSA) is 15.3 Å². The molecule has 1 fully saturated rings. The fraction of sp³-hybridized carbons (Fsp3) is 0.778. The Morgan fingerprint density at radius 1 is 1.14 bits per heavy atom. The second-order valence-electron chi connectivity index (χ2n) is 7.28. The van der Waals surface area contributed by atoms with Crippen molar-refractivity contribution < 1.29 is 0 Å². The normalized spacial score (nSPS) is 15.6. The molecule has 3 heteroatoms. The van der Waals surface area contributed by atoms with Gasteiger partial charge < -0.3 is 5.32 Å². The van der Waals surface area contributed by atoms with Crippen LogP contribution in [0, 0.1) is 11.8 Å². The van der Waals surface area contributed by atoms with E-state index in [1.54, 1.807) is 0 Å². The molecule has 0 unspecified atom stereocenters. The Kier molecular flexibility index (Phi) is 6.72. The smallest absolute Gasteiger partial charge is 0.0330 e. The molecule has 1 aromatic heterocycles. The highest BCUT2D eigenvalue weighted by atomic mass is 32.1. The zero-order chi connectivity index (χ0) is 15.2. The first-order valence-corrected chi connectivity index (χ1v) is 9.38. The highest BCUT2D eigenvalue weighted by Gasteiger charge is 2.28. The van der Waals surface area contributed by atoms with Gasteiger partial charge in [0.2, 0.25) is 0 Å². The summed E-state index contributed by atoms with van der Waals surface area (Å²) >= 11 is 1.99. The highest BCUT2D eigenvalue weighted by Crippen LogP contribution is 2.30. The Morgan fingerprint density at radius 2 is 1.86 bits per heavy atom. The lowest BCUT2D eigenvalue weighted by molar-refractivity contribution is 0.241. The standard InChI is InChI=1S/C18H32N2S/c1-14(2)9-10-20(16-5-6-16)13-18-8-7-17(21-18)12-19-11-15(3)4/h7-8,14-16,19H,5-6,9-13H2,1-4H3. The zero-order valence-corrected chi connectivity index (χ0v) is 15.0. The minimum absolute atomic E-state index is 0.728. The lowest BCUT2D eigenvalue weighted by Gasteiger charge is -2.22. The molecule has 120 valence electrons. The van der Waals surface area contributed by atoms with Crippen LogP contribution in [0.3, 0.4) is 0 Å². The minimum Gasteiger partial charge on any atom is -0.312 e. The summed E-state index contributed by atoms with van der Waals surface area (Å²) in [6, 6.07) is 5.51. The van der Waals surface area contributed by atoms with Crippen LogP contribution in [0.25, 0.3) is 0 Å². The van der Waals surface area contributed by atoms with Gasteiger partial charge in [-0.15, -0.1) is 11.3 Å². The van der Waals surface area contributed by atoms with Gasteiger partial charge in [0.15, 0.2) is 0 Å². The number of nitrogens with zero attached hydrogens (tertiary/aromatic N) is 1. The van der Waals surface area contributed by atoms with Gasteiger partial charge in [-0.25, -0.2) is 0 Å². The molecule has 0 atom stereocenters. The Bertz CT molecular complexity index is 407. The molecule has 0 aromatic carbocycles. The van der Waals surface area contributed by atoms with Gasteiger partial charge in [0, 0.05) is 28.9 Å². The van der Waals surface area contributed by atoms with Crippen LogP contribution in [-0.2, 0) is 13.1 Å². The predicted octanol–water partition coefficient (Wildman–Crippen LogP) is 4.50. The monoisotopic (exact) mass is 308 g/mol. The molecule has 1 aliphatic rings. The summed E-state index contributed by atoms with van der Waals surface area (Å²) in [5.41, 5.74) is 0. The van der Waals surface area contributed by atoms with E-state index in [0.717, 1.165) is 37.5 Å². The third-order valence-corrected chi connectivity index (χ3v) is 5.05. The van der Waals surface area contributed by atoms with E-state index in [-0.39, 0.29) is 0 Å². The number of hydrogen-bond acceptors (Lipinski definition) is 3. The first-order valence-electron chi connectivity index (χ1n) is 8.57. The summed E-state index contributed by atoms with van der Waals surface area (Å²) in [5, 5.41) is 3.54. The van der Waals surface area contributed by atoms with E-state index < -0.39 is 0 Å². The van der Waals surface area contributed by atoms with Crippen LogP contribution in [0.4, 0.5) is 0 Å². The average Bonchev–Trinajstić information content (AvgIpc) is 3.16. The Labute approximate surface area is 134 Å². The summed E-state index contributed by atoms with van der Waals surface area (Å²) in [6.07, 6.45) is 4.14. The van der Waals surface area contributed by atoms with E-state index in [2.05, 4.69) is 50.0 Å².